The van der Waals surface area contributed by atoms with Gasteiger partial charge in [-0.05, 0) is 29.8 Å². The minimum Gasteiger partial charge on any atom is -0.388 e. The Labute approximate surface area is 144 Å². The summed E-state index contributed by atoms with van der Waals surface area (Å²) < 4.78 is 14.9. The lowest BCUT2D eigenvalue weighted by Crippen LogP contribution is -2.26. The van der Waals surface area contributed by atoms with E-state index in [0.29, 0.717) is 11.4 Å². The molecule has 0 aliphatic rings. The molecule has 1 aromatic heterocycles. The molecule has 1 amide bonds. The Balaban J connectivity index is 1.59. The first-order chi connectivity index (χ1) is 12.1. The summed E-state index contributed by atoms with van der Waals surface area (Å²) in [4.78, 5) is 12.0. The molecule has 0 spiro atoms. The van der Waals surface area contributed by atoms with Gasteiger partial charge in [-0.25, -0.2) is 4.39 Å². The molecule has 2 aromatic carbocycles. The zero-order valence-corrected chi connectivity index (χ0v) is 13.3. The number of nitrogens with one attached hydrogen (secondary N) is 1. The van der Waals surface area contributed by atoms with Gasteiger partial charge in [0.2, 0.25) is 5.91 Å². The number of hydrogen-bond donors (Lipinski definition) is 2. The molecular weight excluding hydrogens is 323 g/mol. The zero-order chi connectivity index (χ0) is 17.6. The van der Waals surface area contributed by atoms with Gasteiger partial charge in [-0.2, -0.15) is 0 Å². The molecule has 1 atom stereocenters. The number of amides is 1. The van der Waals surface area contributed by atoms with Gasteiger partial charge in [-0.1, -0.05) is 30.3 Å². The van der Waals surface area contributed by atoms with Gasteiger partial charge in [-0.15, -0.1) is 10.2 Å². The highest BCUT2D eigenvalue weighted by Gasteiger charge is 2.14. The van der Waals surface area contributed by atoms with Gasteiger partial charge in [0.15, 0.2) is 5.82 Å². The van der Waals surface area contributed by atoms with Gasteiger partial charge >= 0.3 is 0 Å². The van der Waals surface area contributed by atoms with Crippen LogP contribution < -0.4 is 5.32 Å². The van der Waals surface area contributed by atoms with Crippen LogP contribution in [0.1, 0.15) is 23.9 Å². The Morgan fingerprint density at radius 3 is 2.76 bits per heavy atom. The zero-order valence-electron chi connectivity index (χ0n) is 13.3. The predicted octanol–water partition coefficient (Wildman–Crippen LogP) is 2.15. The van der Waals surface area contributed by atoms with Gasteiger partial charge in [0.05, 0.1) is 19.1 Å². The fourth-order valence-corrected chi connectivity index (χ4v) is 2.44. The first-order valence-corrected chi connectivity index (χ1v) is 7.78. The van der Waals surface area contributed by atoms with Crippen LogP contribution in [0.3, 0.4) is 0 Å². The number of aliphatic hydroxyl groups is 1. The SMILES string of the molecule is O=C(CC(O)c1cccc(F)c1)NCc1nncn1-c1ccccc1. The van der Waals surface area contributed by atoms with Crippen molar-refractivity contribution in [3.05, 3.63) is 78.1 Å². The smallest absolute Gasteiger partial charge is 0.223 e. The van der Waals surface area contributed by atoms with Crippen LogP contribution in [0.4, 0.5) is 4.39 Å². The van der Waals surface area contributed by atoms with Gasteiger partial charge in [0.1, 0.15) is 12.1 Å². The van der Waals surface area contributed by atoms with E-state index in [4.69, 9.17) is 0 Å². The predicted molar refractivity (Wildman–Crippen MR) is 89.2 cm³/mol. The lowest BCUT2D eigenvalue weighted by molar-refractivity contribution is -0.123. The highest BCUT2D eigenvalue weighted by atomic mass is 19.1. The van der Waals surface area contributed by atoms with Crippen molar-refractivity contribution >= 4 is 5.91 Å². The second kappa shape index (κ2) is 7.67. The van der Waals surface area contributed by atoms with Gasteiger partial charge in [0, 0.05) is 5.69 Å². The molecule has 0 aliphatic carbocycles. The molecule has 25 heavy (non-hydrogen) atoms. The Hall–Kier alpha value is -3.06. The third kappa shape index (κ3) is 4.27. The number of para-hydroxylation sites is 1. The van der Waals surface area contributed by atoms with Crippen LogP contribution >= 0.6 is 0 Å². The van der Waals surface area contributed by atoms with E-state index in [0.717, 1.165) is 5.69 Å². The maximum Gasteiger partial charge on any atom is 0.223 e. The first-order valence-electron chi connectivity index (χ1n) is 7.78. The van der Waals surface area contributed by atoms with Crippen molar-refractivity contribution in [1.82, 2.24) is 20.1 Å². The van der Waals surface area contributed by atoms with Crippen LogP contribution in [0, 0.1) is 5.82 Å². The Kier molecular flexibility index (Phi) is 5.15. The highest BCUT2D eigenvalue weighted by Crippen LogP contribution is 2.17. The van der Waals surface area contributed by atoms with Crippen LogP contribution in [0.25, 0.3) is 5.69 Å². The number of carbonyl (C=O) groups is 1. The van der Waals surface area contributed by atoms with E-state index in [1.165, 1.54) is 18.2 Å². The number of hydrogen-bond acceptors (Lipinski definition) is 4. The average molecular weight is 340 g/mol. The maximum absolute atomic E-state index is 13.2. The van der Waals surface area contributed by atoms with Crippen molar-refractivity contribution in [1.29, 1.82) is 0 Å². The molecule has 3 aromatic rings. The van der Waals surface area contributed by atoms with E-state index in [9.17, 15) is 14.3 Å². The van der Waals surface area contributed by atoms with Crippen LogP contribution in [-0.2, 0) is 11.3 Å². The number of halogens is 1. The molecule has 2 N–H and O–H groups in total. The summed E-state index contributed by atoms with van der Waals surface area (Å²) >= 11 is 0. The normalized spacial score (nSPS) is 11.9. The molecule has 0 bridgehead atoms. The van der Waals surface area contributed by atoms with Crippen LogP contribution in [0.15, 0.2) is 60.9 Å². The van der Waals surface area contributed by atoms with Crippen molar-refractivity contribution in [2.75, 3.05) is 0 Å². The molecule has 0 aliphatic heterocycles. The molecule has 6 nitrogen and oxygen atoms in total. The lowest BCUT2D eigenvalue weighted by Gasteiger charge is -2.12. The maximum atomic E-state index is 13.2. The Morgan fingerprint density at radius 2 is 2.00 bits per heavy atom. The van der Waals surface area contributed by atoms with Crippen LogP contribution in [0.2, 0.25) is 0 Å². The van der Waals surface area contributed by atoms with E-state index in [1.54, 1.807) is 17.0 Å². The van der Waals surface area contributed by atoms with Gasteiger partial charge < -0.3 is 10.4 Å². The number of aliphatic hydroxyl groups excluding tert-OH is 1. The van der Waals surface area contributed by atoms with Crippen molar-refractivity contribution in [2.24, 2.45) is 0 Å². The summed E-state index contributed by atoms with van der Waals surface area (Å²) in [5.41, 5.74) is 1.25. The van der Waals surface area contributed by atoms with E-state index in [2.05, 4.69) is 15.5 Å². The molecule has 0 radical (unpaired) electrons. The van der Waals surface area contributed by atoms with E-state index >= 15 is 0 Å². The number of aromatic nitrogens is 3. The average Bonchev–Trinajstić information content (AvgIpc) is 3.09. The first kappa shape index (κ1) is 16.8. The molecule has 128 valence electrons. The van der Waals surface area contributed by atoms with Crippen LogP contribution in [-0.4, -0.2) is 25.8 Å². The number of benzene rings is 2. The molecule has 3 rings (SSSR count). The third-order valence-corrected chi connectivity index (χ3v) is 3.71. The molecule has 1 heterocycles. The minimum absolute atomic E-state index is 0.164. The van der Waals surface area contributed by atoms with E-state index < -0.39 is 11.9 Å². The van der Waals surface area contributed by atoms with Crippen molar-refractivity contribution < 1.29 is 14.3 Å². The molecular formula is C18H17FN4O2. The fraction of sp³-hybridized carbons (Fsp3) is 0.167. The fourth-order valence-electron chi connectivity index (χ4n) is 2.44. The highest BCUT2D eigenvalue weighted by molar-refractivity contribution is 5.76. The second-order valence-corrected chi connectivity index (χ2v) is 5.50. The molecule has 0 saturated carbocycles. The van der Waals surface area contributed by atoms with Crippen LogP contribution in [0.5, 0.6) is 0 Å². The molecule has 0 saturated heterocycles. The lowest BCUT2D eigenvalue weighted by atomic mass is 10.1. The summed E-state index contributed by atoms with van der Waals surface area (Å²) in [6.45, 7) is 0.170. The number of carbonyl (C=O) groups excluding carboxylic acids is 1. The Morgan fingerprint density at radius 1 is 1.20 bits per heavy atom. The quantitative estimate of drug-likeness (QED) is 0.720. The number of nitrogens with zero attached hydrogens (tertiary/aromatic N) is 3. The Bertz CT molecular complexity index is 851. The second-order valence-electron chi connectivity index (χ2n) is 5.50. The van der Waals surface area contributed by atoms with Crippen molar-refractivity contribution in [2.45, 2.75) is 19.1 Å². The third-order valence-electron chi connectivity index (χ3n) is 3.71. The van der Waals surface area contributed by atoms with Gasteiger partial charge in [-0.3, -0.25) is 9.36 Å². The van der Waals surface area contributed by atoms with Crippen molar-refractivity contribution in [3.63, 3.8) is 0 Å². The monoisotopic (exact) mass is 340 g/mol. The standard InChI is InChI=1S/C18H17FN4O2/c19-14-6-4-5-13(9-14)16(24)10-18(25)20-11-17-22-21-12-23(17)15-7-2-1-3-8-15/h1-9,12,16,24H,10-11H2,(H,20,25). The minimum atomic E-state index is -1.07. The molecule has 7 heteroatoms. The van der Waals surface area contributed by atoms with E-state index in [1.807, 2.05) is 30.3 Å². The summed E-state index contributed by atoms with van der Waals surface area (Å²) in [6.07, 6.45) is 0.337. The number of rotatable bonds is 6. The largest absolute Gasteiger partial charge is 0.388 e. The summed E-state index contributed by atoms with van der Waals surface area (Å²) in [5, 5.41) is 20.6. The molecule has 1 unspecified atom stereocenters. The molecule has 0 fully saturated rings. The summed E-state index contributed by atoms with van der Waals surface area (Å²) in [5.74, 6) is -0.243. The summed E-state index contributed by atoms with van der Waals surface area (Å²) in [7, 11) is 0. The van der Waals surface area contributed by atoms with Crippen molar-refractivity contribution in [3.8, 4) is 5.69 Å². The topological polar surface area (TPSA) is 80.0 Å². The summed E-state index contributed by atoms with van der Waals surface area (Å²) in [6, 6.07) is 15.1. The van der Waals surface area contributed by atoms with Gasteiger partial charge in [0.25, 0.3) is 0 Å². The van der Waals surface area contributed by atoms with E-state index in [-0.39, 0.29) is 18.9 Å².